The highest BCUT2D eigenvalue weighted by Gasteiger charge is 2.21. The summed E-state index contributed by atoms with van der Waals surface area (Å²) in [5, 5.41) is 9.43. The average molecular weight is 374 g/mol. The van der Waals surface area contributed by atoms with Crippen LogP contribution < -0.4 is 4.74 Å². The Morgan fingerprint density at radius 1 is 1.15 bits per heavy atom. The van der Waals surface area contributed by atoms with Gasteiger partial charge in [0.05, 0.1) is 36.7 Å². The lowest BCUT2D eigenvalue weighted by molar-refractivity contribution is 0.412. The molecule has 0 spiro atoms. The van der Waals surface area contributed by atoms with Crippen LogP contribution >= 0.6 is 11.3 Å². The molecule has 0 radical (unpaired) electrons. The van der Waals surface area contributed by atoms with E-state index in [-0.39, 0.29) is 6.42 Å². The van der Waals surface area contributed by atoms with E-state index in [4.69, 9.17) is 9.72 Å². The van der Waals surface area contributed by atoms with E-state index >= 15 is 0 Å². The molecule has 0 N–H and O–H groups in total. The van der Waals surface area contributed by atoms with Crippen LogP contribution in [0.2, 0.25) is 0 Å². The number of fused-ring (bicyclic) bond motifs is 1. The predicted octanol–water partition coefficient (Wildman–Crippen LogP) is 4.82. The number of nitriles is 1. The van der Waals surface area contributed by atoms with Crippen molar-refractivity contribution < 1.29 is 4.74 Å². The molecule has 0 aliphatic carbocycles. The van der Waals surface area contributed by atoms with Crippen molar-refractivity contribution in [2.24, 2.45) is 0 Å². The van der Waals surface area contributed by atoms with E-state index in [0.717, 1.165) is 44.5 Å². The van der Waals surface area contributed by atoms with Crippen molar-refractivity contribution in [2.75, 3.05) is 7.11 Å². The van der Waals surface area contributed by atoms with Gasteiger partial charge >= 0.3 is 0 Å². The van der Waals surface area contributed by atoms with E-state index in [1.165, 1.54) is 4.88 Å². The lowest BCUT2D eigenvalue weighted by atomic mass is 10.1. The minimum Gasteiger partial charge on any atom is -0.496 e. The van der Waals surface area contributed by atoms with Crippen LogP contribution in [-0.4, -0.2) is 21.5 Å². The molecule has 0 bridgehead atoms. The molecule has 0 saturated carbocycles. The molecule has 0 aliphatic rings. The van der Waals surface area contributed by atoms with Gasteiger partial charge in [-0.2, -0.15) is 5.26 Å². The number of hydrogen-bond acceptors (Lipinski definition) is 5. The van der Waals surface area contributed by atoms with Gasteiger partial charge in [-0.05, 0) is 49.7 Å². The van der Waals surface area contributed by atoms with Crippen molar-refractivity contribution in [3.8, 4) is 34.3 Å². The molecule has 4 aromatic rings. The van der Waals surface area contributed by atoms with E-state index in [1.807, 2.05) is 25.1 Å². The fraction of sp³-hybridized carbons (Fsp3) is 0.190. The summed E-state index contributed by atoms with van der Waals surface area (Å²) in [5.41, 5.74) is 5.97. The Balaban J connectivity index is 1.99. The summed E-state index contributed by atoms with van der Waals surface area (Å²) in [4.78, 5) is 11.0. The average Bonchev–Trinajstić information content (AvgIpc) is 3.18. The van der Waals surface area contributed by atoms with Gasteiger partial charge in [0.2, 0.25) is 0 Å². The molecule has 6 heteroatoms. The van der Waals surface area contributed by atoms with E-state index in [2.05, 4.69) is 34.5 Å². The second kappa shape index (κ2) is 6.86. The first-order valence-corrected chi connectivity index (χ1v) is 9.38. The van der Waals surface area contributed by atoms with Gasteiger partial charge in [-0.3, -0.25) is 9.38 Å². The topological polar surface area (TPSA) is 63.2 Å². The highest BCUT2D eigenvalue weighted by atomic mass is 32.1. The number of hydrogen-bond donors (Lipinski definition) is 0. The molecule has 27 heavy (non-hydrogen) atoms. The number of ether oxygens (including phenoxy) is 1. The number of methoxy groups -OCH3 is 1. The van der Waals surface area contributed by atoms with Gasteiger partial charge < -0.3 is 4.74 Å². The first-order valence-electron chi connectivity index (χ1n) is 8.57. The molecule has 0 aliphatic heterocycles. The number of aromatic nitrogens is 3. The first-order chi connectivity index (χ1) is 13.1. The molecule has 134 valence electrons. The van der Waals surface area contributed by atoms with E-state index in [1.54, 1.807) is 30.8 Å². The minimum absolute atomic E-state index is 0.289. The van der Waals surface area contributed by atoms with E-state index < -0.39 is 0 Å². The number of nitrogens with zero attached hydrogens (tertiary/aromatic N) is 4. The quantitative estimate of drug-likeness (QED) is 0.514. The molecule has 0 amide bonds. The standard InChI is InChI=1S/C21H18N4OS/c1-13-12-16(4-5-18(13)26-3)20-14(2)27-21-24-19(15-7-10-23-11-8-15)17(6-9-22)25(20)21/h4-5,7-8,10-12H,6H2,1-3H3. The molecule has 1 aromatic carbocycles. The van der Waals surface area contributed by atoms with Crippen LogP contribution in [0.4, 0.5) is 0 Å². The second-order valence-electron chi connectivity index (χ2n) is 6.29. The van der Waals surface area contributed by atoms with Crippen molar-refractivity contribution in [3.05, 3.63) is 58.9 Å². The number of imidazole rings is 1. The van der Waals surface area contributed by atoms with E-state index in [0.29, 0.717) is 0 Å². The normalized spacial score (nSPS) is 10.9. The zero-order chi connectivity index (χ0) is 19.0. The molecular weight excluding hydrogens is 356 g/mol. The number of benzene rings is 1. The fourth-order valence-electron chi connectivity index (χ4n) is 3.41. The van der Waals surface area contributed by atoms with Crippen molar-refractivity contribution >= 4 is 16.3 Å². The number of rotatable bonds is 4. The third-order valence-electron chi connectivity index (χ3n) is 4.61. The highest BCUT2D eigenvalue weighted by Crippen LogP contribution is 2.37. The lowest BCUT2D eigenvalue weighted by Gasteiger charge is -2.09. The lowest BCUT2D eigenvalue weighted by Crippen LogP contribution is -1.97. The summed E-state index contributed by atoms with van der Waals surface area (Å²) in [6.07, 6.45) is 3.78. The third kappa shape index (κ3) is 2.86. The number of pyridine rings is 1. The maximum absolute atomic E-state index is 9.43. The van der Waals surface area contributed by atoms with Gasteiger partial charge in [-0.25, -0.2) is 4.98 Å². The van der Waals surface area contributed by atoms with Crippen LogP contribution in [0.3, 0.4) is 0 Å². The van der Waals surface area contributed by atoms with Crippen LogP contribution in [0.15, 0.2) is 42.7 Å². The monoisotopic (exact) mass is 374 g/mol. The largest absolute Gasteiger partial charge is 0.496 e. The summed E-state index contributed by atoms with van der Waals surface area (Å²) in [7, 11) is 1.68. The molecular formula is C21H18N4OS. The molecule has 3 heterocycles. The Labute approximate surface area is 161 Å². The van der Waals surface area contributed by atoms with Gasteiger partial charge in [-0.1, -0.05) is 0 Å². The smallest absolute Gasteiger partial charge is 0.195 e. The van der Waals surface area contributed by atoms with Gasteiger partial charge in [-0.15, -0.1) is 11.3 Å². The van der Waals surface area contributed by atoms with Crippen molar-refractivity contribution in [1.82, 2.24) is 14.4 Å². The third-order valence-corrected chi connectivity index (χ3v) is 5.57. The summed E-state index contributed by atoms with van der Waals surface area (Å²) in [6.45, 7) is 4.13. The zero-order valence-corrected chi connectivity index (χ0v) is 16.2. The summed E-state index contributed by atoms with van der Waals surface area (Å²) >= 11 is 1.64. The molecule has 5 nitrogen and oxygen atoms in total. The van der Waals surface area contributed by atoms with Gasteiger partial charge in [0.1, 0.15) is 5.75 Å². The van der Waals surface area contributed by atoms with Crippen molar-refractivity contribution in [2.45, 2.75) is 20.3 Å². The number of thiazole rings is 1. The zero-order valence-electron chi connectivity index (χ0n) is 15.4. The maximum atomic E-state index is 9.43. The maximum Gasteiger partial charge on any atom is 0.195 e. The number of aryl methyl sites for hydroxylation is 2. The molecule has 3 aromatic heterocycles. The Morgan fingerprint density at radius 2 is 1.93 bits per heavy atom. The van der Waals surface area contributed by atoms with Crippen molar-refractivity contribution in [3.63, 3.8) is 0 Å². The Bertz CT molecular complexity index is 1170. The molecule has 0 unspecified atom stereocenters. The molecule has 0 atom stereocenters. The predicted molar refractivity (Wildman–Crippen MR) is 107 cm³/mol. The Kier molecular flexibility index (Phi) is 4.38. The van der Waals surface area contributed by atoms with E-state index in [9.17, 15) is 5.26 Å². The Hall–Kier alpha value is -3.17. The van der Waals surface area contributed by atoms with Crippen LogP contribution in [0, 0.1) is 25.2 Å². The SMILES string of the molecule is COc1ccc(-c2c(C)sc3nc(-c4ccncc4)c(CC#N)n23)cc1C. The summed E-state index contributed by atoms with van der Waals surface area (Å²) in [5.74, 6) is 0.864. The van der Waals surface area contributed by atoms with Crippen LogP contribution in [0.1, 0.15) is 16.1 Å². The summed E-state index contributed by atoms with van der Waals surface area (Å²) < 4.78 is 7.52. The molecule has 0 fully saturated rings. The van der Waals surface area contributed by atoms with Crippen LogP contribution in [0.25, 0.3) is 27.5 Å². The van der Waals surface area contributed by atoms with Gasteiger partial charge in [0.15, 0.2) is 4.96 Å². The van der Waals surface area contributed by atoms with Crippen LogP contribution in [-0.2, 0) is 6.42 Å². The fourth-order valence-corrected chi connectivity index (χ4v) is 4.42. The first kappa shape index (κ1) is 17.3. The van der Waals surface area contributed by atoms with Gasteiger partial charge in [0.25, 0.3) is 0 Å². The van der Waals surface area contributed by atoms with Crippen molar-refractivity contribution in [1.29, 1.82) is 5.26 Å². The summed E-state index contributed by atoms with van der Waals surface area (Å²) in [6, 6.07) is 12.3. The second-order valence-corrected chi connectivity index (χ2v) is 7.47. The molecule has 0 saturated heterocycles. The molecule has 4 rings (SSSR count). The van der Waals surface area contributed by atoms with Crippen LogP contribution in [0.5, 0.6) is 5.75 Å². The Morgan fingerprint density at radius 3 is 2.59 bits per heavy atom. The van der Waals surface area contributed by atoms with Gasteiger partial charge in [0, 0.05) is 28.4 Å². The highest BCUT2D eigenvalue weighted by molar-refractivity contribution is 7.17. The minimum atomic E-state index is 0.289.